The lowest BCUT2D eigenvalue weighted by Gasteiger charge is -2.47. The van der Waals surface area contributed by atoms with Crippen molar-refractivity contribution in [2.24, 2.45) is 18.9 Å². The van der Waals surface area contributed by atoms with E-state index in [-0.39, 0.29) is 5.56 Å². The molecule has 24 heavy (non-hydrogen) atoms. The molecule has 2 aromatic heterocycles. The summed E-state index contributed by atoms with van der Waals surface area (Å²) in [6.07, 6.45) is 8.21. The first-order valence-electron chi connectivity index (χ1n) is 9.11. The standard InChI is InChI=1S/C17H24N6O/c1-22-15-13(7-18-22)16(24)21-17(20-15)19-14-10-3-2-4-11(14)9-23(8-10)12-5-6-12/h7,10-12,14H,2-6,8-9H2,1H3,(H2,19,20,21,24). The lowest BCUT2D eigenvalue weighted by atomic mass is 9.73. The van der Waals surface area contributed by atoms with E-state index in [1.807, 2.05) is 7.05 Å². The summed E-state index contributed by atoms with van der Waals surface area (Å²) in [5.41, 5.74) is 0.526. The highest BCUT2D eigenvalue weighted by atomic mass is 16.1. The van der Waals surface area contributed by atoms with Crippen LogP contribution in [0.5, 0.6) is 0 Å². The SMILES string of the molecule is Cn1ncc2c(=O)[nH]c(NC3C4CCCC3CN(C3CC3)C4)nc21. The Balaban J connectivity index is 1.42. The predicted molar refractivity (Wildman–Crippen MR) is 92.0 cm³/mol. The number of aromatic amines is 1. The van der Waals surface area contributed by atoms with Gasteiger partial charge in [0.05, 0.1) is 6.20 Å². The molecule has 2 unspecified atom stereocenters. The maximum Gasteiger partial charge on any atom is 0.263 e. The second kappa shape index (κ2) is 5.31. The predicted octanol–water partition coefficient (Wildman–Crippen LogP) is 1.33. The van der Waals surface area contributed by atoms with E-state index in [0.717, 1.165) is 6.04 Å². The Morgan fingerprint density at radius 2 is 1.96 bits per heavy atom. The topological polar surface area (TPSA) is 78.8 Å². The molecular weight excluding hydrogens is 304 g/mol. The molecule has 3 heterocycles. The molecule has 1 aliphatic heterocycles. The maximum absolute atomic E-state index is 12.3. The quantitative estimate of drug-likeness (QED) is 0.889. The highest BCUT2D eigenvalue weighted by Gasteiger charge is 2.43. The van der Waals surface area contributed by atoms with Gasteiger partial charge in [-0.1, -0.05) is 6.42 Å². The normalized spacial score (nSPS) is 30.6. The number of fused-ring (bicyclic) bond motifs is 3. The summed E-state index contributed by atoms with van der Waals surface area (Å²) < 4.78 is 1.66. The first-order valence-corrected chi connectivity index (χ1v) is 9.11. The number of nitrogens with one attached hydrogen (secondary N) is 2. The molecule has 2 aromatic rings. The van der Waals surface area contributed by atoms with Gasteiger partial charge in [-0.15, -0.1) is 0 Å². The first kappa shape index (κ1) is 14.5. The van der Waals surface area contributed by atoms with Crippen molar-refractivity contribution in [2.75, 3.05) is 18.4 Å². The van der Waals surface area contributed by atoms with E-state index in [1.165, 1.54) is 45.2 Å². The summed E-state index contributed by atoms with van der Waals surface area (Å²) >= 11 is 0. The summed E-state index contributed by atoms with van der Waals surface area (Å²) in [5.74, 6) is 1.91. The number of likely N-dealkylation sites (tertiary alicyclic amines) is 1. The number of hydrogen-bond acceptors (Lipinski definition) is 5. The van der Waals surface area contributed by atoms with Crippen molar-refractivity contribution in [3.63, 3.8) is 0 Å². The van der Waals surface area contributed by atoms with E-state index in [2.05, 4.69) is 25.3 Å². The zero-order valence-electron chi connectivity index (χ0n) is 14.0. The minimum Gasteiger partial charge on any atom is -0.352 e. The zero-order valence-corrected chi connectivity index (χ0v) is 14.0. The van der Waals surface area contributed by atoms with Crippen LogP contribution >= 0.6 is 0 Å². The fourth-order valence-electron chi connectivity index (χ4n) is 4.71. The van der Waals surface area contributed by atoms with E-state index < -0.39 is 0 Å². The second-order valence-corrected chi connectivity index (χ2v) is 7.73. The molecule has 2 bridgehead atoms. The number of aromatic nitrogens is 4. The largest absolute Gasteiger partial charge is 0.352 e. The van der Waals surface area contributed by atoms with E-state index >= 15 is 0 Å². The molecule has 2 aliphatic carbocycles. The Hall–Kier alpha value is -1.89. The summed E-state index contributed by atoms with van der Waals surface area (Å²) in [6.45, 7) is 2.38. The molecule has 2 atom stereocenters. The molecular formula is C17H24N6O. The molecule has 2 N–H and O–H groups in total. The molecule has 3 fully saturated rings. The van der Waals surface area contributed by atoms with Crippen LogP contribution in [0.1, 0.15) is 32.1 Å². The number of rotatable bonds is 3. The van der Waals surface area contributed by atoms with E-state index in [0.29, 0.717) is 34.9 Å². The van der Waals surface area contributed by atoms with Gasteiger partial charge in [-0.25, -0.2) is 0 Å². The van der Waals surface area contributed by atoms with Gasteiger partial charge in [-0.2, -0.15) is 10.1 Å². The van der Waals surface area contributed by atoms with Crippen molar-refractivity contribution in [2.45, 2.75) is 44.2 Å². The summed E-state index contributed by atoms with van der Waals surface area (Å²) in [6, 6.07) is 1.26. The van der Waals surface area contributed by atoms with Gasteiger partial charge in [0.25, 0.3) is 5.56 Å². The fourth-order valence-corrected chi connectivity index (χ4v) is 4.71. The van der Waals surface area contributed by atoms with Gasteiger partial charge >= 0.3 is 0 Å². The number of nitrogens with zero attached hydrogens (tertiary/aromatic N) is 4. The van der Waals surface area contributed by atoms with Crippen LogP contribution in [0.4, 0.5) is 5.95 Å². The van der Waals surface area contributed by atoms with Gasteiger partial charge in [0.2, 0.25) is 5.95 Å². The Morgan fingerprint density at radius 3 is 2.67 bits per heavy atom. The molecule has 2 saturated carbocycles. The highest BCUT2D eigenvalue weighted by molar-refractivity contribution is 5.74. The van der Waals surface area contributed by atoms with Gasteiger partial charge in [-0.3, -0.25) is 19.4 Å². The lowest BCUT2D eigenvalue weighted by Crippen LogP contribution is -2.55. The molecule has 7 nitrogen and oxygen atoms in total. The second-order valence-electron chi connectivity index (χ2n) is 7.73. The summed E-state index contributed by atoms with van der Waals surface area (Å²) in [5, 5.41) is 8.26. The number of anilines is 1. The average molecular weight is 328 g/mol. The van der Waals surface area contributed by atoms with Gasteiger partial charge in [0, 0.05) is 32.2 Å². The third kappa shape index (κ3) is 2.33. The molecule has 0 aromatic carbocycles. The summed E-state index contributed by atoms with van der Waals surface area (Å²) in [7, 11) is 1.82. The zero-order chi connectivity index (χ0) is 16.3. The first-order chi connectivity index (χ1) is 11.7. The summed E-state index contributed by atoms with van der Waals surface area (Å²) in [4.78, 5) is 22.5. The number of piperidine rings is 1. The van der Waals surface area contributed by atoms with E-state index in [1.54, 1.807) is 10.9 Å². The minimum atomic E-state index is -0.115. The minimum absolute atomic E-state index is 0.115. The van der Waals surface area contributed by atoms with Crippen molar-refractivity contribution >= 4 is 17.0 Å². The Labute approximate surface area is 140 Å². The van der Waals surface area contributed by atoms with Crippen LogP contribution in [-0.2, 0) is 7.05 Å². The van der Waals surface area contributed by atoms with Gasteiger partial charge in [0.1, 0.15) is 5.39 Å². The van der Waals surface area contributed by atoms with Crippen molar-refractivity contribution < 1.29 is 0 Å². The molecule has 3 aliphatic rings. The van der Waals surface area contributed by atoms with Crippen LogP contribution in [0, 0.1) is 11.8 Å². The smallest absolute Gasteiger partial charge is 0.263 e. The molecule has 0 radical (unpaired) electrons. The number of aryl methyl sites for hydroxylation is 1. The molecule has 5 rings (SSSR count). The molecule has 128 valence electrons. The van der Waals surface area contributed by atoms with E-state index in [4.69, 9.17) is 0 Å². The van der Waals surface area contributed by atoms with Gasteiger partial charge < -0.3 is 5.32 Å². The maximum atomic E-state index is 12.3. The van der Waals surface area contributed by atoms with Crippen molar-refractivity contribution in [3.8, 4) is 0 Å². The van der Waals surface area contributed by atoms with Crippen molar-refractivity contribution in [1.29, 1.82) is 0 Å². The number of hydrogen-bond donors (Lipinski definition) is 2. The van der Waals surface area contributed by atoms with Gasteiger partial charge in [-0.05, 0) is 37.5 Å². The molecule has 1 saturated heterocycles. The van der Waals surface area contributed by atoms with Crippen molar-refractivity contribution in [1.82, 2.24) is 24.6 Å². The monoisotopic (exact) mass is 328 g/mol. The molecule has 0 amide bonds. The number of H-pyrrole nitrogens is 1. The molecule has 0 spiro atoms. The Bertz CT molecular complexity index is 808. The van der Waals surface area contributed by atoms with Crippen LogP contribution < -0.4 is 10.9 Å². The van der Waals surface area contributed by atoms with Crippen LogP contribution in [0.15, 0.2) is 11.0 Å². The Morgan fingerprint density at radius 1 is 1.21 bits per heavy atom. The third-order valence-electron chi connectivity index (χ3n) is 6.07. The average Bonchev–Trinajstić information content (AvgIpc) is 3.32. The van der Waals surface area contributed by atoms with Gasteiger partial charge in [0.15, 0.2) is 5.65 Å². The molecule has 7 heteroatoms. The highest BCUT2D eigenvalue weighted by Crippen LogP contribution is 2.40. The van der Waals surface area contributed by atoms with Crippen molar-refractivity contribution in [3.05, 3.63) is 16.6 Å². The van der Waals surface area contributed by atoms with Crippen LogP contribution in [0.2, 0.25) is 0 Å². The van der Waals surface area contributed by atoms with E-state index in [9.17, 15) is 4.79 Å². The van der Waals surface area contributed by atoms with Crippen LogP contribution in [0.3, 0.4) is 0 Å². The Kier molecular flexibility index (Phi) is 3.20. The van der Waals surface area contributed by atoms with Crippen LogP contribution in [-0.4, -0.2) is 49.8 Å². The lowest BCUT2D eigenvalue weighted by molar-refractivity contribution is 0.0663. The van der Waals surface area contributed by atoms with Crippen LogP contribution in [0.25, 0.3) is 11.0 Å². The third-order valence-corrected chi connectivity index (χ3v) is 6.07. The fraction of sp³-hybridized carbons (Fsp3) is 0.706.